The quantitative estimate of drug-likeness (QED) is 0.840. The van der Waals surface area contributed by atoms with Crippen molar-refractivity contribution >= 4 is 11.8 Å². The first-order chi connectivity index (χ1) is 11.2. The van der Waals surface area contributed by atoms with Gasteiger partial charge in [-0.15, -0.1) is 0 Å². The number of ether oxygens (including phenoxy) is 1. The maximum absolute atomic E-state index is 12.4. The Labute approximate surface area is 136 Å². The van der Waals surface area contributed by atoms with Gasteiger partial charge in [0, 0.05) is 58.2 Å². The number of pyridine rings is 1. The van der Waals surface area contributed by atoms with Crippen LogP contribution in [0.15, 0.2) is 24.5 Å². The van der Waals surface area contributed by atoms with E-state index in [1.807, 2.05) is 4.90 Å². The van der Waals surface area contributed by atoms with Crippen molar-refractivity contribution in [3.63, 3.8) is 0 Å². The molecule has 0 radical (unpaired) electrons. The van der Waals surface area contributed by atoms with Gasteiger partial charge in [-0.05, 0) is 30.9 Å². The summed E-state index contributed by atoms with van der Waals surface area (Å²) in [5, 5.41) is 0. The van der Waals surface area contributed by atoms with Crippen LogP contribution in [0.1, 0.15) is 29.6 Å². The Morgan fingerprint density at radius 3 is 2.48 bits per heavy atom. The molecule has 3 rings (SSSR count). The lowest BCUT2D eigenvalue weighted by molar-refractivity contribution is -0.134. The van der Waals surface area contributed by atoms with Crippen LogP contribution in [-0.4, -0.2) is 66.0 Å². The van der Waals surface area contributed by atoms with Crippen LogP contribution in [0.25, 0.3) is 0 Å². The largest absolute Gasteiger partial charge is 0.381 e. The van der Waals surface area contributed by atoms with Gasteiger partial charge in [-0.2, -0.15) is 0 Å². The molecule has 0 unspecified atom stereocenters. The summed E-state index contributed by atoms with van der Waals surface area (Å²) in [6, 6.07) is 3.54. The number of piperazine rings is 1. The van der Waals surface area contributed by atoms with Crippen LogP contribution in [0.3, 0.4) is 0 Å². The van der Waals surface area contributed by atoms with Crippen molar-refractivity contribution < 1.29 is 14.3 Å². The molecule has 1 aromatic heterocycles. The zero-order valence-corrected chi connectivity index (χ0v) is 13.3. The summed E-state index contributed by atoms with van der Waals surface area (Å²) in [4.78, 5) is 32.4. The summed E-state index contributed by atoms with van der Waals surface area (Å²) in [7, 11) is 0. The van der Waals surface area contributed by atoms with Crippen LogP contribution in [0.4, 0.5) is 0 Å². The molecule has 0 saturated carbocycles. The van der Waals surface area contributed by atoms with Crippen LogP contribution in [0.5, 0.6) is 0 Å². The number of hydrogen-bond acceptors (Lipinski definition) is 4. The first-order valence-corrected chi connectivity index (χ1v) is 8.29. The van der Waals surface area contributed by atoms with Crippen molar-refractivity contribution in [2.24, 2.45) is 5.92 Å². The number of amides is 2. The third kappa shape index (κ3) is 4.07. The number of aromatic nitrogens is 1. The smallest absolute Gasteiger partial charge is 0.255 e. The molecular formula is C17H23N3O3. The Morgan fingerprint density at radius 1 is 1.13 bits per heavy atom. The Balaban J connectivity index is 1.48. The van der Waals surface area contributed by atoms with Gasteiger partial charge in [-0.3, -0.25) is 14.6 Å². The van der Waals surface area contributed by atoms with Crippen LogP contribution < -0.4 is 0 Å². The van der Waals surface area contributed by atoms with Gasteiger partial charge in [-0.25, -0.2) is 0 Å². The molecule has 124 valence electrons. The van der Waals surface area contributed by atoms with E-state index in [1.165, 1.54) is 0 Å². The zero-order valence-electron chi connectivity index (χ0n) is 13.3. The van der Waals surface area contributed by atoms with E-state index in [0.717, 1.165) is 26.1 Å². The lowest BCUT2D eigenvalue weighted by Crippen LogP contribution is -2.51. The van der Waals surface area contributed by atoms with Crippen LogP contribution in [-0.2, 0) is 9.53 Å². The molecule has 0 spiro atoms. The molecule has 2 amide bonds. The Morgan fingerprint density at radius 2 is 1.83 bits per heavy atom. The van der Waals surface area contributed by atoms with Crippen molar-refractivity contribution in [1.29, 1.82) is 0 Å². The first kappa shape index (κ1) is 15.9. The van der Waals surface area contributed by atoms with E-state index in [1.54, 1.807) is 29.4 Å². The Kier molecular flexibility index (Phi) is 5.23. The normalized spacial score (nSPS) is 19.7. The summed E-state index contributed by atoms with van der Waals surface area (Å²) in [5.41, 5.74) is 0.606. The number of rotatable bonds is 3. The molecule has 2 aliphatic rings. The van der Waals surface area contributed by atoms with Gasteiger partial charge in [-0.1, -0.05) is 0 Å². The third-order valence-corrected chi connectivity index (χ3v) is 4.63. The van der Waals surface area contributed by atoms with Gasteiger partial charge < -0.3 is 14.5 Å². The van der Waals surface area contributed by atoms with E-state index in [0.29, 0.717) is 44.1 Å². The monoisotopic (exact) mass is 317 g/mol. The highest BCUT2D eigenvalue weighted by molar-refractivity contribution is 5.94. The lowest BCUT2D eigenvalue weighted by atomic mass is 9.96. The van der Waals surface area contributed by atoms with Crippen molar-refractivity contribution in [2.75, 3.05) is 39.4 Å². The second-order valence-corrected chi connectivity index (χ2v) is 6.17. The van der Waals surface area contributed by atoms with Gasteiger partial charge in [0.05, 0.1) is 5.56 Å². The van der Waals surface area contributed by atoms with Crippen LogP contribution in [0, 0.1) is 5.92 Å². The highest BCUT2D eigenvalue weighted by atomic mass is 16.5. The number of carbonyl (C=O) groups is 2. The third-order valence-electron chi connectivity index (χ3n) is 4.63. The topological polar surface area (TPSA) is 62.7 Å². The maximum Gasteiger partial charge on any atom is 0.255 e. The molecule has 2 fully saturated rings. The molecule has 6 nitrogen and oxygen atoms in total. The molecule has 3 heterocycles. The summed E-state index contributed by atoms with van der Waals surface area (Å²) in [5.74, 6) is 0.659. The molecule has 0 aliphatic carbocycles. The summed E-state index contributed by atoms with van der Waals surface area (Å²) >= 11 is 0. The molecule has 2 aliphatic heterocycles. The summed E-state index contributed by atoms with van der Waals surface area (Å²) in [6.07, 6.45) is 5.81. The molecule has 0 bridgehead atoms. The Hall–Kier alpha value is -1.95. The summed E-state index contributed by atoms with van der Waals surface area (Å²) < 4.78 is 5.34. The average Bonchev–Trinajstić information content (AvgIpc) is 2.63. The second kappa shape index (κ2) is 7.55. The molecule has 23 heavy (non-hydrogen) atoms. The summed E-state index contributed by atoms with van der Waals surface area (Å²) in [6.45, 7) is 3.96. The van der Waals surface area contributed by atoms with E-state index in [9.17, 15) is 9.59 Å². The number of nitrogens with zero attached hydrogens (tertiary/aromatic N) is 3. The maximum atomic E-state index is 12.4. The van der Waals surface area contributed by atoms with Gasteiger partial charge in [0.25, 0.3) is 5.91 Å². The van der Waals surface area contributed by atoms with Crippen molar-refractivity contribution in [3.05, 3.63) is 30.1 Å². The van der Waals surface area contributed by atoms with E-state index >= 15 is 0 Å². The minimum atomic E-state index is -0.00497. The van der Waals surface area contributed by atoms with Crippen molar-refractivity contribution in [1.82, 2.24) is 14.8 Å². The lowest BCUT2D eigenvalue weighted by Gasteiger charge is -2.35. The van der Waals surface area contributed by atoms with Crippen molar-refractivity contribution in [2.45, 2.75) is 19.3 Å². The second-order valence-electron chi connectivity index (χ2n) is 6.17. The van der Waals surface area contributed by atoms with Gasteiger partial charge in [0.15, 0.2) is 0 Å². The fourth-order valence-electron chi connectivity index (χ4n) is 3.16. The van der Waals surface area contributed by atoms with Crippen LogP contribution >= 0.6 is 0 Å². The van der Waals surface area contributed by atoms with Crippen molar-refractivity contribution in [3.8, 4) is 0 Å². The Bertz CT molecular complexity index is 535. The SMILES string of the molecule is O=C(CC1CCOCC1)N1CCN(C(=O)c2cccnc2)CC1. The van der Waals surface area contributed by atoms with E-state index in [-0.39, 0.29) is 11.8 Å². The molecule has 1 aromatic rings. The number of hydrogen-bond donors (Lipinski definition) is 0. The van der Waals surface area contributed by atoms with Gasteiger partial charge in [0.1, 0.15) is 0 Å². The molecule has 6 heteroatoms. The molecule has 0 aromatic carbocycles. The molecule has 0 N–H and O–H groups in total. The van der Waals surface area contributed by atoms with Crippen LogP contribution in [0.2, 0.25) is 0 Å². The highest BCUT2D eigenvalue weighted by Crippen LogP contribution is 2.20. The first-order valence-electron chi connectivity index (χ1n) is 8.29. The minimum Gasteiger partial charge on any atom is -0.381 e. The van der Waals surface area contributed by atoms with Gasteiger partial charge >= 0.3 is 0 Å². The fourth-order valence-corrected chi connectivity index (χ4v) is 3.16. The van der Waals surface area contributed by atoms with E-state index in [4.69, 9.17) is 4.74 Å². The average molecular weight is 317 g/mol. The molecular weight excluding hydrogens is 294 g/mol. The number of carbonyl (C=O) groups excluding carboxylic acids is 2. The zero-order chi connectivity index (χ0) is 16.1. The predicted molar refractivity (Wildman–Crippen MR) is 84.9 cm³/mol. The molecule has 0 atom stereocenters. The van der Waals surface area contributed by atoms with E-state index in [2.05, 4.69) is 4.98 Å². The highest BCUT2D eigenvalue weighted by Gasteiger charge is 2.26. The standard InChI is InChI=1S/C17H23N3O3/c21-16(12-14-3-10-23-11-4-14)19-6-8-20(9-7-19)17(22)15-2-1-5-18-13-15/h1-2,5,13-14H,3-4,6-12H2. The minimum absolute atomic E-state index is 0.00497. The fraction of sp³-hybridized carbons (Fsp3) is 0.588. The molecule has 2 saturated heterocycles. The predicted octanol–water partition coefficient (Wildman–Crippen LogP) is 1.18. The van der Waals surface area contributed by atoms with Gasteiger partial charge in [0.2, 0.25) is 5.91 Å². The van der Waals surface area contributed by atoms with E-state index < -0.39 is 0 Å².